The topological polar surface area (TPSA) is 0 Å². The Bertz CT molecular complexity index is 618. The van der Waals surface area contributed by atoms with E-state index in [4.69, 9.17) is 17.2 Å². The average molecular weight is 483 g/mol. The molecule has 21 heavy (non-hydrogen) atoms. The molecule has 0 nitrogen and oxygen atoms in total. The van der Waals surface area contributed by atoms with Gasteiger partial charge in [0.25, 0.3) is 0 Å². The van der Waals surface area contributed by atoms with E-state index in [0.717, 1.165) is 0 Å². The summed E-state index contributed by atoms with van der Waals surface area (Å²) < 4.78 is 0. The Balaban J connectivity index is 0.000000497. The van der Waals surface area contributed by atoms with Crippen LogP contribution in [0.4, 0.5) is 0 Å². The first-order valence-electron chi connectivity index (χ1n) is 6.88. The van der Waals surface area contributed by atoms with E-state index in [1.807, 2.05) is 0 Å². The third-order valence-corrected chi connectivity index (χ3v) is 3.52. The van der Waals surface area contributed by atoms with Crippen molar-refractivity contribution in [3.05, 3.63) is 71.7 Å². The van der Waals surface area contributed by atoms with Crippen LogP contribution in [0.1, 0.15) is 25.0 Å². The van der Waals surface area contributed by atoms with E-state index in [2.05, 4.69) is 74.9 Å². The van der Waals surface area contributed by atoms with E-state index < -0.39 is 20.5 Å². The fourth-order valence-electron chi connectivity index (χ4n) is 2.46. The van der Waals surface area contributed by atoms with Crippen molar-refractivity contribution >= 4 is 23.2 Å². The molecule has 0 saturated carbocycles. The van der Waals surface area contributed by atoms with Gasteiger partial charge in [0, 0.05) is 6.42 Å². The zero-order chi connectivity index (χ0) is 15.2. The van der Waals surface area contributed by atoms with Crippen LogP contribution in [-0.4, -0.2) is 0 Å². The van der Waals surface area contributed by atoms with Crippen LogP contribution in [0, 0.1) is 12.3 Å². The third kappa shape index (κ3) is 4.31. The molecule has 0 fully saturated rings. The van der Waals surface area contributed by atoms with Gasteiger partial charge in [-0.1, -0.05) is 74.0 Å². The molecule has 0 heterocycles. The van der Waals surface area contributed by atoms with E-state index in [1.165, 1.54) is 27.8 Å². The van der Waals surface area contributed by atoms with Gasteiger partial charge in [0.1, 0.15) is 0 Å². The van der Waals surface area contributed by atoms with Gasteiger partial charge in [-0.05, 0) is 28.2 Å². The maximum atomic E-state index is 4.96. The van der Waals surface area contributed by atoms with Crippen molar-refractivity contribution in [3.63, 3.8) is 0 Å². The molecule has 0 spiro atoms. The average Bonchev–Trinajstić information content (AvgIpc) is 2.93. The van der Waals surface area contributed by atoms with Gasteiger partial charge in [0.15, 0.2) is 0 Å². The van der Waals surface area contributed by atoms with E-state index in [1.54, 1.807) is 0 Å². The van der Waals surface area contributed by atoms with Gasteiger partial charge >= 0.3 is 37.7 Å². The normalized spacial score (nSPS) is 12.3. The minimum atomic E-state index is -0.972. The van der Waals surface area contributed by atoms with Crippen LogP contribution in [0.15, 0.2) is 54.1 Å². The van der Waals surface area contributed by atoms with E-state index in [-0.39, 0.29) is 0 Å². The number of fused-ring (bicyclic) bond motifs is 1. The summed E-state index contributed by atoms with van der Waals surface area (Å²) >= 11 is -0.972. The molecule has 3 heteroatoms. The molecule has 0 atom stereocenters. The van der Waals surface area contributed by atoms with Crippen molar-refractivity contribution in [2.45, 2.75) is 13.8 Å². The van der Waals surface area contributed by atoms with Crippen molar-refractivity contribution in [1.29, 1.82) is 0 Å². The summed E-state index contributed by atoms with van der Waals surface area (Å²) in [4.78, 5) is 0. The van der Waals surface area contributed by atoms with Crippen molar-refractivity contribution in [2.75, 3.05) is 0 Å². The third-order valence-electron chi connectivity index (χ3n) is 3.52. The summed E-state index contributed by atoms with van der Waals surface area (Å²) in [7, 11) is 9.92. The van der Waals surface area contributed by atoms with Crippen molar-refractivity contribution in [1.82, 2.24) is 0 Å². The van der Waals surface area contributed by atoms with Gasteiger partial charge in [-0.3, -0.25) is 0 Å². The Morgan fingerprint density at radius 1 is 0.905 bits per heavy atom. The molecule has 0 unspecified atom stereocenters. The zero-order valence-corrected chi connectivity index (χ0v) is 17.2. The summed E-state index contributed by atoms with van der Waals surface area (Å²) in [5.41, 5.74) is 6.77. The quantitative estimate of drug-likeness (QED) is 0.439. The number of hydrogen-bond acceptors (Lipinski definition) is 0. The molecule has 2 aromatic rings. The fraction of sp³-hybridized carbons (Fsp3) is 0.167. The second kappa shape index (κ2) is 8.31. The predicted molar refractivity (Wildman–Crippen MR) is 89.8 cm³/mol. The van der Waals surface area contributed by atoms with Gasteiger partial charge in [-0.15, -0.1) is 0 Å². The molecule has 0 N–H and O–H groups in total. The maximum absolute atomic E-state index is 4.96. The van der Waals surface area contributed by atoms with Crippen LogP contribution < -0.4 is 0 Å². The molecule has 0 aromatic heterocycles. The van der Waals surface area contributed by atoms with Crippen LogP contribution in [0.5, 0.6) is 0 Å². The SMILES string of the molecule is CC(C)C1=Cc2c(cccc2-c2ccccc2)[CH]1.[Cl][Hf][Cl]. The van der Waals surface area contributed by atoms with Crippen LogP contribution in [0.25, 0.3) is 17.2 Å². The molecular formula is C18H17Cl2Hf. The molecule has 0 saturated heterocycles. The second-order valence-electron chi connectivity index (χ2n) is 5.19. The zero-order valence-electron chi connectivity index (χ0n) is 12.1. The first kappa shape index (κ1) is 17.0. The molecule has 107 valence electrons. The van der Waals surface area contributed by atoms with Gasteiger partial charge in [-0.25, -0.2) is 0 Å². The van der Waals surface area contributed by atoms with Gasteiger partial charge in [0.05, 0.1) is 0 Å². The van der Waals surface area contributed by atoms with Crippen molar-refractivity contribution < 1.29 is 20.5 Å². The molecule has 2 aromatic carbocycles. The molecule has 0 aliphatic heterocycles. The fourth-order valence-corrected chi connectivity index (χ4v) is 2.46. The molecule has 3 rings (SSSR count). The Kier molecular flexibility index (Phi) is 6.73. The Morgan fingerprint density at radius 3 is 2.19 bits per heavy atom. The summed E-state index contributed by atoms with van der Waals surface area (Å²) in [6.07, 6.45) is 4.65. The summed E-state index contributed by atoms with van der Waals surface area (Å²) in [6.45, 7) is 4.49. The molecule has 1 aliphatic rings. The van der Waals surface area contributed by atoms with Gasteiger partial charge < -0.3 is 0 Å². The van der Waals surface area contributed by atoms with Gasteiger partial charge in [-0.2, -0.15) is 0 Å². The molecule has 0 amide bonds. The van der Waals surface area contributed by atoms with Crippen molar-refractivity contribution in [2.24, 2.45) is 5.92 Å². The Labute approximate surface area is 145 Å². The van der Waals surface area contributed by atoms with Crippen LogP contribution in [0.2, 0.25) is 0 Å². The summed E-state index contributed by atoms with van der Waals surface area (Å²) in [6, 6.07) is 17.2. The minimum absolute atomic E-state index is 0.584. The van der Waals surface area contributed by atoms with E-state index >= 15 is 0 Å². The first-order valence-corrected chi connectivity index (χ1v) is 15.8. The first-order chi connectivity index (χ1) is 10.2. The monoisotopic (exact) mass is 483 g/mol. The molecular weight excluding hydrogens is 466 g/mol. The predicted octanol–water partition coefficient (Wildman–Crippen LogP) is 6.34. The van der Waals surface area contributed by atoms with Crippen molar-refractivity contribution in [3.8, 4) is 11.1 Å². The Morgan fingerprint density at radius 2 is 1.57 bits per heavy atom. The number of rotatable bonds is 2. The molecule has 1 aliphatic carbocycles. The Hall–Kier alpha value is -0.370. The van der Waals surface area contributed by atoms with E-state index in [9.17, 15) is 0 Å². The summed E-state index contributed by atoms with van der Waals surface area (Å²) in [5.74, 6) is 0.584. The number of halogens is 2. The molecule has 0 bridgehead atoms. The van der Waals surface area contributed by atoms with E-state index in [0.29, 0.717) is 5.92 Å². The van der Waals surface area contributed by atoms with Crippen LogP contribution >= 0.6 is 17.2 Å². The number of hydrogen-bond donors (Lipinski definition) is 0. The molecule has 1 radical (unpaired) electrons. The van der Waals surface area contributed by atoms with Crippen LogP contribution in [0.3, 0.4) is 0 Å². The number of allylic oxidation sites excluding steroid dienone is 1. The van der Waals surface area contributed by atoms with Gasteiger partial charge in [0.2, 0.25) is 0 Å². The second-order valence-corrected chi connectivity index (χ2v) is 10.4. The standard InChI is InChI=1S/C18H17.2ClH.Hf/c1-13(2)16-11-15-9-6-10-17(18(15)12-16)14-7-4-3-5-8-14;;;/h3-13H,1-2H3;2*1H;/q;;;+2/p-2. The summed E-state index contributed by atoms with van der Waals surface area (Å²) in [5, 5.41) is 0. The number of benzene rings is 2. The van der Waals surface area contributed by atoms with Crippen LogP contribution in [-0.2, 0) is 20.5 Å².